The van der Waals surface area contributed by atoms with Crippen molar-refractivity contribution < 1.29 is 17.6 Å². The predicted molar refractivity (Wildman–Crippen MR) is 141 cm³/mol. The number of nitrogens with one attached hydrogen (secondary N) is 2. The van der Waals surface area contributed by atoms with E-state index in [2.05, 4.69) is 25.4 Å². The van der Waals surface area contributed by atoms with Gasteiger partial charge in [0.2, 0.25) is 0 Å². The number of fused-ring (bicyclic) bond motifs is 2. The summed E-state index contributed by atoms with van der Waals surface area (Å²) < 4.78 is 56.2. The molecular formula is C26H22F4N8O2. The molecular weight excluding hydrogens is 532 g/mol. The number of benzene rings is 2. The van der Waals surface area contributed by atoms with Crippen molar-refractivity contribution in [3.05, 3.63) is 81.0 Å². The van der Waals surface area contributed by atoms with Gasteiger partial charge in [0.05, 0.1) is 40.2 Å². The van der Waals surface area contributed by atoms with Gasteiger partial charge in [0.15, 0.2) is 5.82 Å². The van der Waals surface area contributed by atoms with Crippen LogP contribution in [0.3, 0.4) is 0 Å². The van der Waals surface area contributed by atoms with Crippen molar-refractivity contribution in [3.8, 4) is 11.4 Å². The van der Waals surface area contributed by atoms with E-state index < -0.39 is 40.4 Å². The quantitative estimate of drug-likeness (QED) is 0.255. The van der Waals surface area contributed by atoms with Crippen LogP contribution >= 0.6 is 0 Å². The summed E-state index contributed by atoms with van der Waals surface area (Å²) in [6.07, 6.45) is -1.90. The zero-order valence-electron chi connectivity index (χ0n) is 21.0. The predicted octanol–water partition coefficient (Wildman–Crippen LogP) is 4.11. The van der Waals surface area contributed by atoms with Gasteiger partial charge in [0.1, 0.15) is 17.2 Å². The summed E-state index contributed by atoms with van der Waals surface area (Å²) in [6.45, 7) is 1.82. The second-order valence-electron chi connectivity index (χ2n) is 9.22. The summed E-state index contributed by atoms with van der Waals surface area (Å²) in [5.41, 5.74) is 3.24. The number of nitrogen functional groups attached to an aromatic ring is 1. The maximum absolute atomic E-state index is 15.1. The number of para-hydroxylation sites is 1. The van der Waals surface area contributed by atoms with Gasteiger partial charge in [-0.1, -0.05) is 12.1 Å². The molecule has 0 aliphatic rings. The fourth-order valence-electron chi connectivity index (χ4n) is 4.43. The number of hydrogen-bond acceptors (Lipinski definition) is 8. The number of aromatic nitrogens is 6. The monoisotopic (exact) mass is 554 g/mol. The van der Waals surface area contributed by atoms with E-state index in [9.17, 15) is 22.8 Å². The van der Waals surface area contributed by atoms with E-state index in [1.807, 2.05) is 0 Å². The fourth-order valence-corrected chi connectivity index (χ4v) is 4.43. The molecule has 3 heterocycles. The van der Waals surface area contributed by atoms with Crippen LogP contribution in [0.4, 0.5) is 29.1 Å². The molecule has 3 aromatic heterocycles. The van der Waals surface area contributed by atoms with Crippen LogP contribution in [0, 0.1) is 5.82 Å². The molecule has 4 N–H and O–H groups in total. The van der Waals surface area contributed by atoms with E-state index in [4.69, 9.17) is 5.73 Å². The Labute approximate surface area is 222 Å². The lowest BCUT2D eigenvalue weighted by atomic mass is 10.1. The number of anilines is 2. The first kappa shape index (κ1) is 26.7. The van der Waals surface area contributed by atoms with Gasteiger partial charge in [-0.3, -0.25) is 14.2 Å². The van der Waals surface area contributed by atoms with Crippen molar-refractivity contribution in [1.29, 1.82) is 0 Å². The second kappa shape index (κ2) is 10.4. The molecule has 0 bridgehead atoms. The van der Waals surface area contributed by atoms with Crippen molar-refractivity contribution in [2.45, 2.75) is 38.5 Å². The highest BCUT2D eigenvalue weighted by molar-refractivity contribution is 5.90. The van der Waals surface area contributed by atoms with Crippen LogP contribution in [0.2, 0.25) is 0 Å². The van der Waals surface area contributed by atoms with E-state index in [-0.39, 0.29) is 34.7 Å². The van der Waals surface area contributed by atoms with Crippen LogP contribution in [0.5, 0.6) is 0 Å². The van der Waals surface area contributed by atoms with Crippen LogP contribution < -0.4 is 22.2 Å². The molecule has 5 aromatic rings. The molecule has 0 saturated heterocycles. The Morgan fingerprint density at radius 1 is 1.10 bits per heavy atom. The SMILES string of the molecule is CC(CCCn1cnc2cc(-c3nc(N)c4ccccc4n3)c(F)cc2c1=O)Nc1cn[nH]c(=O)c1C(F)(F)F. The third-order valence-electron chi connectivity index (χ3n) is 6.36. The average Bonchev–Trinajstić information content (AvgIpc) is 2.89. The third kappa shape index (κ3) is 5.19. The minimum atomic E-state index is -4.86. The normalized spacial score (nSPS) is 12.6. The molecule has 0 fully saturated rings. The number of hydrogen-bond donors (Lipinski definition) is 3. The Hall–Kier alpha value is -4.88. The first-order chi connectivity index (χ1) is 19.0. The summed E-state index contributed by atoms with van der Waals surface area (Å²) in [7, 11) is 0. The lowest BCUT2D eigenvalue weighted by Gasteiger charge is -2.18. The molecule has 2 aromatic carbocycles. The van der Waals surface area contributed by atoms with Gasteiger partial charge in [0.25, 0.3) is 11.1 Å². The zero-order chi connectivity index (χ0) is 28.6. The minimum absolute atomic E-state index is 0.0435. The summed E-state index contributed by atoms with van der Waals surface area (Å²) in [6, 6.07) is 9.03. The number of halogens is 4. The van der Waals surface area contributed by atoms with Crippen molar-refractivity contribution in [3.63, 3.8) is 0 Å². The first-order valence-corrected chi connectivity index (χ1v) is 12.2. The molecule has 1 unspecified atom stereocenters. The second-order valence-corrected chi connectivity index (χ2v) is 9.22. The summed E-state index contributed by atoms with van der Waals surface area (Å²) in [4.78, 5) is 37.6. The fraction of sp³-hybridized carbons (Fsp3) is 0.231. The van der Waals surface area contributed by atoms with Crippen molar-refractivity contribution in [1.82, 2.24) is 29.7 Å². The Kier molecular flexibility index (Phi) is 6.92. The molecule has 40 heavy (non-hydrogen) atoms. The van der Waals surface area contributed by atoms with E-state index >= 15 is 4.39 Å². The number of nitrogens with zero attached hydrogens (tertiary/aromatic N) is 5. The molecule has 0 amide bonds. The van der Waals surface area contributed by atoms with Crippen LogP contribution in [0.15, 0.2) is 58.5 Å². The largest absolute Gasteiger partial charge is 0.423 e. The number of nitrogens with two attached hydrogens (primary N) is 1. The molecule has 206 valence electrons. The van der Waals surface area contributed by atoms with Gasteiger partial charge in [-0.2, -0.15) is 18.3 Å². The lowest BCUT2D eigenvalue weighted by Crippen LogP contribution is -2.27. The molecule has 14 heteroatoms. The summed E-state index contributed by atoms with van der Waals surface area (Å²) in [5.74, 6) is -0.465. The molecule has 0 aliphatic carbocycles. The highest BCUT2D eigenvalue weighted by Gasteiger charge is 2.37. The number of aromatic amines is 1. The summed E-state index contributed by atoms with van der Waals surface area (Å²) in [5, 5.41) is 8.55. The topological polar surface area (TPSA) is 144 Å². The summed E-state index contributed by atoms with van der Waals surface area (Å²) >= 11 is 0. The number of rotatable bonds is 7. The smallest absolute Gasteiger partial charge is 0.383 e. The highest BCUT2D eigenvalue weighted by Crippen LogP contribution is 2.32. The van der Waals surface area contributed by atoms with Gasteiger partial charge in [0, 0.05) is 18.0 Å². The van der Waals surface area contributed by atoms with E-state index in [0.717, 1.165) is 12.3 Å². The van der Waals surface area contributed by atoms with Crippen LogP contribution in [-0.2, 0) is 12.7 Å². The standard InChI is InChI=1S/C26H22F4N8O2/c1-13(34-20-11-33-37-24(39)21(20)26(28,29)30)5-4-8-38-12-32-19-10-15(17(27)9-16(19)25(38)40)23-35-18-7-3-2-6-14(18)22(31)36-23/h2-3,6-7,9-13H,4-5,8H2,1H3,(H2,31,35,36)(H2,34,37,39). The number of aryl methyl sites for hydroxylation is 1. The maximum atomic E-state index is 15.1. The van der Waals surface area contributed by atoms with Crippen LogP contribution in [0.1, 0.15) is 25.3 Å². The van der Waals surface area contributed by atoms with E-state index in [1.54, 1.807) is 36.3 Å². The molecule has 0 radical (unpaired) electrons. The number of H-pyrrole nitrogens is 1. The number of alkyl halides is 3. The Bertz CT molecular complexity index is 1850. The first-order valence-electron chi connectivity index (χ1n) is 12.2. The van der Waals surface area contributed by atoms with Gasteiger partial charge in [-0.25, -0.2) is 24.4 Å². The van der Waals surface area contributed by atoms with Crippen molar-refractivity contribution in [2.24, 2.45) is 0 Å². The average molecular weight is 555 g/mol. The van der Waals surface area contributed by atoms with Crippen molar-refractivity contribution >= 4 is 33.3 Å². The minimum Gasteiger partial charge on any atom is -0.383 e. The Morgan fingerprint density at radius 2 is 1.88 bits per heavy atom. The van der Waals surface area contributed by atoms with E-state index in [1.165, 1.54) is 17.0 Å². The van der Waals surface area contributed by atoms with Crippen LogP contribution in [0.25, 0.3) is 33.2 Å². The molecule has 1 atom stereocenters. The maximum Gasteiger partial charge on any atom is 0.423 e. The van der Waals surface area contributed by atoms with Crippen molar-refractivity contribution in [2.75, 3.05) is 11.1 Å². The zero-order valence-corrected chi connectivity index (χ0v) is 21.0. The van der Waals surface area contributed by atoms with Gasteiger partial charge in [-0.05, 0) is 44.0 Å². The lowest BCUT2D eigenvalue weighted by molar-refractivity contribution is -0.138. The Morgan fingerprint density at radius 3 is 2.65 bits per heavy atom. The third-order valence-corrected chi connectivity index (χ3v) is 6.36. The molecule has 0 saturated carbocycles. The van der Waals surface area contributed by atoms with Gasteiger partial charge < -0.3 is 11.1 Å². The van der Waals surface area contributed by atoms with Gasteiger partial charge >= 0.3 is 6.18 Å². The molecule has 0 spiro atoms. The molecule has 5 rings (SSSR count). The van der Waals surface area contributed by atoms with Crippen LogP contribution in [-0.4, -0.2) is 35.8 Å². The van der Waals surface area contributed by atoms with E-state index in [0.29, 0.717) is 23.7 Å². The van der Waals surface area contributed by atoms with Gasteiger partial charge in [-0.15, -0.1) is 0 Å². The Balaban J connectivity index is 1.33. The highest BCUT2D eigenvalue weighted by atomic mass is 19.4. The molecule has 10 nitrogen and oxygen atoms in total. The molecule has 0 aliphatic heterocycles.